The molecule has 1 amide bonds. The maximum atomic E-state index is 13.1. The molecule has 0 spiro atoms. The van der Waals surface area contributed by atoms with Crippen molar-refractivity contribution in [2.24, 2.45) is 0 Å². The van der Waals surface area contributed by atoms with E-state index in [-0.39, 0.29) is 16.3 Å². The quantitative estimate of drug-likeness (QED) is 0.445. The van der Waals surface area contributed by atoms with E-state index >= 15 is 0 Å². The van der Waals surface area contributed by atoms with E-state index in [1.54, 1.807) is 30.3 Å². The number of carbonyl (C=O) groups excluding carboxylic acids is 1. The van der Waals surface area contributed by atoms with Crippen molar-refractivity contribution in [2.75, 3.05) is 0 Å². The van der Waals surface area contributed by atoms with Gasteiger partial charge in [0.2, 0.25) is 0 Å². The molecule has 0 fully saturated rings. The third kappa shape index (κ3) is 4.94. The molecule has 0 aliphatic carbocycles. The second-order valence-electron chi connectivity index (χ2n) is 6.69. The highest BCUT2D eigenvalue weighted by molar-refractivity contribution is 6.33. The van der Waals surface area contributed by atoms with Gasteiger partial charge in [-0.15, -0.1) is 0 Å². The minimum Gasteiger partial charge on any atom is -0.344 e. The van der Waals surface area contributed by atoms with Crippen LogP contribution in [-0.2, 0) is 6.18 Å². The highest BCUT2D eigenvalue weighted by Gasteiger charge is 2.33. The van der Waals surface area contributed by atoms with Gasteiger partial charge in [-0.3, -0.25) is 19.7 Å². The van der Waals surface area contributed by atoms with E-state index in [2.05, 4.69) is 10.4 Å². The summed E-state index contributed by atoms with van der Waals surface area (Å²) in [5, 5.41) is 17.1. The number of nitrogens with zero attached hydrogens (tertiary/aromatic N) is 3. The van der Waals surface area contributed by atoms with Crippen LogP contribution in [0.1, 0.15) is 34.6 Å². The van der Waals surface area contributed by atoms with E-state index in [1.807, 2.05) is 0 Å². The van der Waals surface area contributed by atoms with E-state index in [1.165, 1.54) is 6.92 Å². The molecule has 0 saturated carbocycles. The Hall–Kier alpha value is -3.73. The lowest BCUT2D eigenvalue weighted by molar-refractivity contribution is -0.385. The largest absolute Gasteiger partial charge is 0.416 e. The van der Waals surface area contributed by atoms with Gasteiger partial charge in [-0.2, -0.15) is 23.0 Å². The fourth-order valence-electron chi connectivity index (χ4n) is 2.85. The first-order valence-corrected chi connectivity index (χ1v) is 9.38. The Bertz CT molecular complexity index is 1250. The van der Waals surface area contributed by atoms with Crippen molar-refractivity contribution in [3.63, 3.8) is 0 Å². The van der Waals surface area contributed by atoms with Crippen LogP contribution in [-0.4, -0.2) is 20.6 Å². The van der Waals surface area contributed by atoms with Gasteiger partial charge in [0.05, 0.1) is 27.2 Å². The average molecular weight is 467 g/mol. The van der Waals surface area contributed by atoms with Gasteiger partial charge in [-0.25, -0.2) is 0 Å². The van der Waals surface area contributed by atoms with Crippen LogP contribution in [0.3, 0.4) is 0 Å². The highest BCUT2D eigenvalue weighted by Crippen LogP contribution is 2.34. The monoisotopic (exact) mass is 466 g/mol. The van der Waals surface area contributed by atoms with Gasteiger partial charge in [0, 0.05) is 18.2 Å². The molecule has 32 heavy (non-hydrogen) atoms. The van der Waals surface area contributed by atoms with Crippen molar-refractivity contribution in [1.29, 1.82) is 0 Å². The van der Waals surface area contributed by atoms with E-state index < -0.39 is 39.9 Å². The number of para-hydroxylation sites is 1. The standard InChI is InChI=1S/C20H14ClF3N4O4/c1-11(12-7-13(20(22,23)24)9-15(8-12)28(31)32)25-19(30)18-16(21)10-17(29)27(26-18)14-5-3-2-4-6-14/h2-11H,1H3,(H,25,30)/t11-/m1/s1. The molecule has 1 aromatic heterocycles. The van der Waals surface area contributed by atoms with E-state index in [0.717, 1.165) is 16.8 Å². The number of benzene rings is 2. The Kier molecular flexibility index (Phi) is 6.30. The second-order valence-corrected chi connectivity index (χ2v) is 7.10. The van der Waals surface area contributed by atoms with Gasteiger partial charge in [0.1, 0.15) is 0 Å². The van der Waals surface area contributed by atoms with Gasteiger partial charge in [0.15, 0.2) is 5.69 Å². The number of halogens is 4. The molecule has 1 N–H and O–H groups in total. The molecule has 8 nitrogen and oxygen atoms in total. The molecule has 12 heteroatoms. The second kappa shape index (κ2) is 8.79. The summed E-state index contributed by atoms with van der Waals surface area (Å²) in [5.41, 5.74) is -2.72. The lowest BCUT2D eigenvalue weighted by Crippen LogP contribution is -2.31. The molecule has 3 rings (SSSR count). The molecule has 0 unspecified atom stereocenters. The van der Waals surface area contributed by atoms with Crippen molar-refractivity contribution in [3.05, 3.63) is 96.9 Å². The summed E-state index contributed by atoms with van der Waals surface area (Å²) in [6.07, 6.45) is -4.82. The van der Waals surface area contributed by atoms with Crippen LogP contribution in [0.5, 0.6) is 0 Å². The molecule has 166 valence electrons. The van der Waals surface area contributed by atoms with Crippen molar-refractivity contribution in [1.82, 2.24) is 15.1 Å². The first-order valence-electron chi connectivity index (χ1n) is 9.00. The first kappa shape index (κ1) is 22.9. The number of hydrogen-bond acceptors (Lipinski definition) is 5. The molecular formula is C20H14ClF3N4O4. The average Bonchev–Trinajstić information content (AvgIpc) is 2.73. The maximum Gasteiger partial charge on any atom is 0.416 e. The molecule has 1 heterocycles. The fourth-order valence-corrected chi connectivity index (χ4v) is 3.06. The summed E-state index contributed by atoms with van der Waals surface area (Å²) in [4.78, 5) is 35.0. The molecule has 3 aromatic rings. The Morgan fingerprint density at radius 1 is 1.19 bits per heavy atom. The molecule has 2 aromatic carbocycles. The zero-order valence-electron chi connectivity index (χ0n) is 16.3. The number of nitrogens with one attached hydrogen (secondary N) is 1. The Labute approximate surface area is 183 Å². The number of nitro groups is 1. The number of aromatic nitrogens is 2. The summed E-state index contributed by atoms with van der Waals surface area (Å²) in [6.45, 7) is 1.35. The van der Waals surface area contributed by atoms with Crippen molar-refractivity contribution in [2.45, 2.75) is 19.1 Å². The normalized spacial score (nSPS) is 12.3. The van der Waals surface area contributed by atoms with E-state index in [9.17, 15) is 32.9 Å². The van der Waals surface area contributed by atoms with Gasteiger partial charge >= 0.3 is 6.18 Å². The summed E-state index contributed by atoms with van der Waals surface area (Å²) in [5.74, 6) is -0.882. The number of nitro benzene ring substituents is 1. The number of rotatable bonds is 5. The fraction of sp³-hybridized carbons (Fsp3) is 0.150. The van der Waals surface area contributed by atoms with Crippen LogP contribution in [0.25, 0.3) is 5.69 Å². The van der Waals surface area contributed by atoms with Gasteiger partial charge in [-0.05, 0) is 30.7 Å². The summed E-state index contributed by atoms with van der Waals surface area (Å²) in [6, 6.07) is 10.1. The molecular weight excluding hydrogens is 453 g/mol. The van der Waals surface area contributed by atoms with Gasteiger partial charge in [0.25, 0.3) is 17.2 Å². The van der Waals surface area contributed by atoms with Crippen molar-refractivity contribution >= 4 is 23.2 Å². The van der Waals surface area contributed by atoms with Crippen molar-refractivity contribution < 1.29 is 22.9 Å². The highest BCUT2D eigenvalue weighted by atomic mass is 35.5. The number of amides is 1. The minimum atomic E-state index is -4.82. The van der Waals surface area contributed by atoms with Crippen molar-refractivity contribution in [3.8, 4) is 5.69 Å². The number of non-ortho nitro benzene ring substituents is 1. The van der Waals surface area contributed by atoms with Crippen LogP contribution in [0.15, 0.2) is 59.4 Å². The summed E-state index contributed by atoms with van der Waals surface area (Å²) >= 11 is 5.99. The molecule has 0 radical (unpaired) electrons. The van der Waals surface area contributed by atoms with E-state index in [4.69, 9.17) is 11.6 Å². The summed E-state index contributed by atoms with van der Waals surface area (Å²) in [7, 11) is 0. The number of hydrogen-bond donors (Lipinski definition) is 1. The molecule has 0 aliphatic heterocycles. The Balaban J connectivity index is 1.95. The third-order valence-corrected chi connectivity index (χ3v) is 4.71. The predicted molar refractivity (Wildman–Crippen MR) is 109 cm³/mol. The molecule has 1 atom stereocenters. The molecule has 0 aliphatic rings. The van der Waals surface area contributed by atoms with Gasteiger partial charge in [-0.1, -0.05) is 29.8 Å². The minimum absolute atomic E-state index is 0.146. The smallest absolute Gasteiger partial charge is 0.344 e. The van der Waals surface area contributed by atoms with Crippen LogP contribution in [0.4, 0.5) is 18.9 Å². The van der Waals surface area contributed by atoms with Crippen LogP contribution >= 0.6 is 11.6 Å². The molecule has 0 bridgehead atoms. The third-order valence-electron chi connectivity index (χ3n) is 4.43. The lowest BCUT2D eigenvalue weighted by Gasteiger charge is -2.17. The zero-order valence-corrected chi connectivity index (χ0v) is 17.0. The Morgan fingerprint density at radius 3 is 2.44 bits per heavy atom. The Morgan fingerprint density at radius 2 is 1.84 bits per heavy atom. The summed E-state index contributed by atoms with van der Waals surface area (Å²) < 4.78 is 40.3. The lowest BCUT2D eigenvalue weighted by atomic mass is 10.0. The predicted octanol–water partition coefficient (Wildman–Crippen LogP) is 4.30. The zero-order chi connectivity index (χ0) is 23.6. The molecule has 0 saturated heterocycles. The maximum absolute atomic E-state index is 13.1. The van der Waals surface area contributed by atoms with Crippen LogP contribution < -0.4 is 10.9 Å². The van der Waals surface area contributed by atoms with Gasteiger partial charge < -0.3 is 5.32 Å². The van der Waals surface area contributed by atoms with Crippen LogP contribution in [0, 0.1) is 10.1 Å². The SMILES string of the molecule is C[C@@H](NC(=O)c1nn(-c2ccccc2)c(=O)cc1Cl)c1cc([N+](=O)[O-])cc(C(F)(F)F)c1. The first-order chi connectivity index (χ1) is 15.0. The number of carbonyl (C=O) groups is 1. The van der Waals surface area contributed by atoms with E-state index in [0.29, 0.717) is 17.8 Å². The topological polar surface area (TPSA) is 107 Å². The van der Waals surface area contributed by atoms with Crippen LogP contribution in [0.2, 0.25) is 5.02 Å². The number of alkyl halides is 3.